The Morgan fingerprint density at radius 3 is 2.48 bits per heavy atom. The SMILES string of the molecule is CC.CCc1cn(-c2cnn(-c3cccnc3)c2)nc1C. The number of hydrogen-bond donors (Lipinski definition) is 0. The summed E-state index contributed by atoms with van der Waals surface area (Å²) in [5.41, 5.74) is 4.21. The lowest BCUT2D eigenvalue weighted by molar-refractivity contribution is 0.855. The summed E-state index contributed by atoms with van der Waals surface area (Å²) in [4.78, 5) is 4.09. The molecule has 5 heteroatoms. The summed E-state index contributed by atoms with van der Waals surface area (Å²) in [5.74, 6) is 0. The molecule has 0 aliphatic heterocycles. The Morgan fingerprint density at radius 2 is 1.86 bits per heavy atom. The predicted octanol–water partition coefficient (Wildman–Crippen LogP) is 3.35. The van der Waals surface area contributed by atoms with Crippen LogP contribution in [0.15, 0.2) is 43.1 Å². The van der Waals surface area contributed by atoms with Crippen LogP contribution in [0.1, 0.15) is 32.0 Å². The summed E-state index contributed by atoms with van der Waals surface area (Å²) in [5, 5.41) is 8.85. The van der Waals surface area contributed by atoms with Crippen LogP contribution in [0.2, 0.25) is 0 Å². The maximum Gasteiger partial charge on any atom is 0.103 e. The van der Waals surface area contributed by atoms with Gasteiger partial charge in [0.2, 0.25) is 0 Å². The van der Waals surface area contributed by atoms with E-state index in [4.69, 9.17) is 0 Å². The standard InChI is InChI=1S/C14H15N5.C2H6/c1-3-12-9-19(17-11(12)2)14-8-16-18(10-14)13-5-4-6-15-7-13;1-2/h4-10H,3H2,1-2H3;1-2H3. The van der Waals surface area contributed by atoms with Crippen molar-refractivity contribution in [2.75, 3.05) is 0 Å². The predicted molar refractivity (Wildman–Crippen MR) is 83.9 cm³/mol. The third-order valence-corrected chi connectivity index (χ3v) is 3.13. The molecule has 0 N–H and O–H groups in total. The summed E-state index contributed by atoms with van der Waals surface area (Å²) in [6.07, 6.45) is 10.3. The molecule has 0 saturated carbocycles. The van der Waals surface area contributed by atoms with E-state index in [2.05, 4.69) is 28.3 Å². The summed E-state index contributed by atoms with van der Waals surface area (Å²) < 4.78 is 3.67. The summed E-state index contributed by atoms with van der Waals surface area (Å²) in [7, 11) is 0. The number of rotatable bonds is 3. The lowest BCUT2D eigenvalue weighted by Crippen LogP contribution is -1.95. The van der Waals surface area contributed by atoms with Crippen LogP contribution in [-0.2, 0) is 6.42 Å². The molecule has 5 nitrogen and oxygen atoms in total. The Kier molecular flexibility index (Phi) is 4.87. The molecule has 110 valence electrons. The Balaban J connectivity index is 0.000000774. The fourth-order valence-corrected chi connectivity index (χ4v) is 2.04. The first-order valence-electron chi connectivity index (χ1n) is 7.28. The van der Waals surface area contributed by atoms with E-state index in [0.717, 1.165) is 23.5 Å². The summed E-state index contributed by atoms with van der Waals surface area (Å²) in [6.45, 7) is 8.16. The maximum atomic E-state index is 4.51. The maximum absolute atomic E-state index is 4.51. The van der Waals surface area contributed by atoms with Gasteiger partial charge in [0.25, 0.3) is 0 Å². The molecule has 0 radical (unpaired) electrons. The summed E-state index contributed by atoms with van der Waals surface area (Å²) in [6, 6.07) is 3.86. The van der Waals surface area contributed by atoms with E-state index in [9.17, 15) is 0 Å². The molecule has 0 amide bonds. The fraction of sp³-hybridized carbons (Fsp3) is 0.312. The van der Waals surface area contributed by atoms with Crippen molar-refractivity contribution in [3.05, 3.63) is 54.4 Å². The molecule has 0 saturated heterocycles. The van der Waals surface area contributed by atoms with Crippen LogP contribution >= 0.6 is 0 Å². The van der Waals surface area contributed by atoms with Crippen molar-refractivity contribution in [3.63, 3.8) is 0 Å². The number of pyridine rings is 1. The Hall–Kier alpha value is -2.43. The highest BCUT2D eigenvalue weighted by Gasteiger charge is 2.07. The van der Waals surface area contributed by atoms with Gasteiger partial charge in [0.15, 0.2) is 0 Å². The monoisotopic (exact) mass is 283 g/mol. The minimum absolute atomic E-state index is 0.938. The Morgan fingerprint density at radius 1 is 1.05 bits per heavy atom. The molecular weight excluding hydrogens is 262 g/mol. The quantitative estimate of drug-likeness (QED) is 0.740. The number of aromatic nitrogens is 5. The van der Waals surface area contributed by atoms with Gasteiger partial charge in [0.05, 0.1) is 30.0 Å². The van der Waals surface area contributed by atoms with Crippen LogP contribution in [-0.4, -0.2) is 24.5 Å². The largest absolute Gasteiger partial charge is 0.262 e. The molecule has 3 aromatic heterocycles. The summed E-state index contributed by atoms with van der Waals surface area (Å²) >= 11 is 0. The minimum Gasteiger partial charge on any atom is -0.262 e. The number of aryl methyl sites for hydroxylation is 2. The van der Waals surface area contributed by atoms with Gasteiger partial charge in [-0.15, -0.1) is 0 Å². The van der Waals surface area contributed by atoms with Gasteiger partial charge in [-0.05, 0) is 31.0 Å². The molecule has 0 spiro atoms. The van der Waals surface area contributed by atoms with Crippen LogP contribution < -0.4 is 0 Å². The van der Waals surface area contributed by atoms with Gasteiger partial charge in [-0.1, -0.05) is 20.8 Å². The van der Waals surface area contributed by atoms with Crippen LogP contribution in [0.4, 0.5) is 0 Å². The van der Waals surface area contributed by atoms with E-state index in [-0.39, 0.29) is 0 Å². The Bertz CT molecular complexity index is 682. The van der Waals surface area contributed by atoms with Crippen LogP contribution in [0.3, 0.4) is 0 Å². The van der Waals surface area contributed by atoms with Crippen molar-refractivity contribution in [3.8, 4) is 11.4 Å². The van der Waals surface area contributed by atoms with Gasteiger partial charge in [0, 0.05) is 12.4 Å². The van der Waals surface area contributed by atoms with Gasteiger partial charge in [0.1, 0.15) is 5.69 Å². The van der Waals surface area contributed by atoms with Crippen LogP contribution in [0.25, 0.3) is 11.4 Å². The average Bonchev–Trinajstić information content (AvgIpc) is 3.16. The molecule has 21 heavy (non-hydrogen) atoms. The van der Waals surface area contributed by atoms with Crippen LogP contribution in [0.5, 0.6) is 0 Å². The molecule has 0 fully saturated rings. The van der Waals surface area contributed by atoms with Gasteiger partial charge in [-0.3, -0.25) is 4.98 Å². The fourth-order valence-electron chi connectivity index (χ4n) is 2.04. The smallest absolute Gasteiger partial charge is 0.103 e. The lowest BCUT2D eigenvalue weighted by atomic mass is 10.2. The zero-order chi connectivity index (χ0) is 15.2. The molecule has 3 aromatic rings. The van der Waals surface area contributed by atoms with Gasteiger partial charge >= 0.3 is 0 Å². The Labute approximate surface area is 125 Å². The average molecular weight is 283 g/mol. The highest BCUT2D eigenvalue weighted by Crippen LogP contribution is 2.13. The van der Waals surface area contributed by atoms with E-state index in [1.807, 2.05) is 43.8 Å². The van der Waals surface area contributed by atoms with Crippen molar-refractivity contribution in [1.82, 2.24) is 24.5 Å². The van der Waals surface area contributed by atoms with Crippen LogP contribution in [0, 0.1) is 6.92 Å². The highest BCUT2D eigenvalue weighted by atomic mass is 15.3. The first kappa shape index (κ1) is 15.0. The highest BCUT2D eigenvalue weighted by molar-refractivity contribution is 5.34. The molecule has 0 aliphatic carbocycles. The van der Waals surface area contributed by atoms with E-state index in [0.29, 0.717) is 0 Å². The van der Waals surface area contributed by atoms with Crippen molar-refractivity contribution in [2.24, 2.45) is 0 Å². The molecule has 0 atom stereocenters. The third kappa shape index (κ3) is 3.18. The van der Waals surface area contributed by atoms with E-state index < -0.39 is 0 Å². The first-order chi connectivity index (χ1) is 10.3. The van der Waals surface area contributed by atoms with Crippen molar-refractivity contribution in [2.45, 2.75) is 34.1 Å². The van der Waals surface area contributed by atoms with Crippen molar-refractivity contribution < 1.29 is 0 Å². The van der Waals surface area contributed by atoms with E-state index in [1.54, 1.807) is 23.3 Å². The van der Waals surface area contributed by atoms with E-state index >= 15 is 0 Å². The lowest BCUT2D eigenvalue weighted by Gasteiger charge is -1.98. The molecule has 0 unspecified atom stereocenters. The molecule has 0 aliphatic rings. The third-order valence-electron chi connectivity index (χ3n) is 3.13. The molecule has 0 aromatic carbocycles. The second-order valence-corrected chi connectivity index (χ2v) is 4.39. The topological polar surface area (TPSA) is 48.5 Å². The second-order valence-electron chi connectivity index (χ2n) is 4.39. The zero-order valence-corrected chi connectivity index (χ0v) is 13.0. The minimum atomic E-state index is 0.938. The second kappa shape index (κ2) is 6.83. The van der Waals surface area contributed by atoms with E-state index in [1.165, 1.54) is 5.56 Å². The number of nitrogens with zero attached hydrogens (tertiary/aromatic N) is 5. The molecule has 0 bridgehead atoms. The molecule has 3 rings (SSSR count). The van der Waals surface area contributed by atoms with Crippen molar-refractivity contribution >= 4 is 0 Å². The molecule has 3 heterocycles. The molecular formula is C16H21N5. The first-order valence-corrected chi connectivity index (χ1v) is 7.28. The number of hydrogen-bond acceptors (Lipinski definition) is 3. The van der Waals surface area contributed by atoms with Gasteiger partial charge in [-0.2, -0.15) is 10.2 Å². The van der Waals surface area contributed by atoms with Gasteiger partial charge < -0.3 is 0 Å². The normalized spacial score (nSPS) is 10.1. The van der Waals surface area contributed by atoms with Crippen molar-refractivity contribution in [1.29, 1.82) is 0 Å². The van der Waals surface area contributed by atoms with Gasteiger partial charge in [-0.25, -0.2) is 9.36 Å². The zero-order valence-electron chi connectivity index (χ0n) is 13.0.